The van der Waals surface area contributed by atoms with Crippen molar-refractivity contribution in [2.45, 2.75) is 32.7 Å². The second-order valence-corrected chi connectivity index (χ2v) is 6.94. The summed E-state index contributed by atoms with van der Waals surface area (Å²) >= 11 is 5.98. The molecule has 1 heterocycles. The third kappa shape index (κ3) is 5.12. The molecule has 7 heteroatoms. The van der Waals surface area contributed by atoms with Crippen molar-refractivity contribution < 1.29 is 4.79 Å². The first-order valence-electron chi connectivity index (χ1n) is 9.31. The number of nitrogens with two attached hydrogens (primary N) is 1. The summed E-state index contributed by atoms with van der Waals surface area (Å²) in [6, 6.07) is 16.4. The molecule has 0 aliphatic rings. The Balaban J connectivity index is 1.85. The minimum Gasteiger partial charge on any atom is -0.326 e. The van der Waals surface area contributed by atoms with Gasteiger partial charge < -0.3 is 11.1 Å². The van der Waals surface area contributed by atoms with Gasteiger partial charge in [-0.3, -0.25) is 5.32 Å². The van der Waals surface area contributed by atoms with Gasteiger partial charge in [0.25, 0.3) is 0 Å². The van der Waals surface area contributed by atoms with Gasteiger partial charge in [0.1, 0.15) is 5.82 Å². The van der Waals surface area contributed by atoms with Crippen LogP contribution in [0.3, 0.4) is 0 Å². The van der Waals surface area contributed by atoms with Crippen molar-refractivity contribution in [3.05, 3.63) is 70.9 Å². The summed E-state index contributed by atoms with van der Waals surface area (Å²) < 4.78 is 1.74. The second-order valence-electron chi connectivity index (χ2n) is 6.50. The SMILES string of the molecule is CCCCc1cc(NC(=O)Nc2cccc(Cl)c2)n(-c2cccc(CN)c2)n1. The monoisotopic (exact) mass is 397 g/mol. The van der Waals surface area contributed by atoms with Crippen molar-refractivity contribution in [3.8, 4) is 5.69 Å². The van der Waals surface area contributed by atoms with Gasteiger partial charge in [-0.15, -0.1) is 0 Å². The van der Waals surface area contributed by atoms with Crippen molar-refractivity contribution in [1.29, 1.82) is 0 Å². The number of hydrogen-bond donors (Lipinski definition) is 3. The summed E-state index contributed by atoms with van der Waals surface area (Å²) in [5, 5.41) is 10.9. The van der Waals surface area contributed by atoms with Crippen molar-refractivity contribution in [2.75, 3.05) is 10.6 Å². The Hall–Kier alpha value is -2.83. The lowest BCUT2D eigenvalue weighted by atomic mass is 10.2. The predicted molar refractivity (Wildman–Crippen MR) is 114 cm³/mol. The normalized spacial score (nSPS) is 10.7. The fourth-order valence-corrected chi connectivity index (χ4v) is 3.05. The van der Waals surface area contributed by atoms with Gasteiger partial charge in [-0.2, -0.15) is 5.10 Å². The van der Waals surface area contributed by atoms with E-state index in [1.54, 1.807) is 28.9 Å². The summed E-state index contributed by atoms with van der Waals surface area (Å²) in [6.45, 7) is 2.58. The van der Waals surface area contributed by atoms with Crippen molar-refractivity contribution in [1.82, 2.24) is 9.78 Å². The Morgan fingerprint density at radius 1 is 1.14 bits per heavy atom. The Kier molecular flexibility index (Phi) is 6.68. The van der Waals surface area contributed by atoms with Gasteiger partial charge in [0.15, 0.2) is 0 Å². The number of halogens is 1. The number of anilines is 2. The topological polar surface area (TPSA) is 85.0 Å². The number of carbonyl (C=O) groups excluding carboxylic acids is 1. The Labute approximate surface area is 169 Å². The molecule has 28 heavy (non-hydrogen) atoms. The quantitative estimate of drug-likeness (QED) is 0.526. The number of benzene rings is 2. The number of carbonyl (C=O) groups is 1. The van der Waals surface area contributed by atoms with Crippen molar-refractivity contribution in [2.24, 2.45) is 5.73 Å². The first-order chi connectivity index (χ1) is 13.6. The van der Waals surface area contributed by atoms with E-state index in [1.165, 1.54) is 0 Å². The molecular weight excluding hydrogens is 374 g/mol. The summed E-state index contributed by atoms with van der Waals surface area (Å²) in [5.41, 5.74) is 9.16. The fourth-order valence-electron chi connectivity index (χ4n) is 2.86. The van der Waals surface area contributed by atoms with Crippen LogP contribution in [-0.2, 0) is 13.0 Å². The Morgan fingerprint density at radius 2 is 1.96 bits per heavy atom. The van der Waals surface area contributed by atoms with Crippen molar-refractivity contribution in [3.63, 3.8) is 0 Å². The molecule has 0 radical (unpaired) electrons. The number of hydrogen-bond acceptors (Lipinski definition) is 3. The number of rotatable bonds is 7. The zero-order valence-corrected chi connectivity index (χ0v) is 16.5. The summed E-state index contributed by atoms with van der Waals surface area (Å²) in [5.74, 6) is 0.597. The van der Waals surface area contributed by atoms with Gasteiger partial charge in [-0.05, 0) is 48.7 Å². The standard InChI is InChI=1S/C21H24ClN5O/c1-2-3-8-18-13-20(25-21(28)24-17-9-5-7-16(22)12-17)27(26-18)19-10-4-6-15(11-19)14-23/h4-7,9-13H,2-3,8,14,23H2,1H3,(H2,24,25,28). The highest BCUT2D eigenvalue weighted by atomic mass is 35.5. The number of urea groups is 1. The smallest absolute Gasteiger partial charge is 0.324 e. The number of nitrogens with one attached hydrogen (secondary N) is 2. The molecule has 0 bridgehead atoms. The molecule has 0 aliphatic carbocycles. The van der Waals surface area contributed by atoms with E-state index in [9.17, 15) is 4.79 Å². The zero-order valence-electron chi connectivity index (χ0n) is 15.8. The summed E-state index contributed by atoms with van der Waals surface area (Å²) in [4.78, 5) is 12.5. The van der Waals surface area contributed by atoms with Crippen LogP contribution in [0, 0.1) is 0 Å². The van der Waals surface area contributed by atoms with Crippen molar-refractivity contribution >= 4 is 29.1 Å². The van der Waals surface area contributed by atoms with Gasteiger partial charge in [0, 0.05) is 23.3 Å². The van der Waals surface area contributed by atoms with Crippen LogP contribution in [0.15, 0.2) is 54.6 Å². The molecule has 3 aromatic rings. The number of amides is 2. The molecule has 2 amide bonds. The van der Waals surface area contributed by atoms with Crippen LogP contribution >= 0.6 is 11.6 Å². The van der Waals surface area contributed by atoms with Crippen LogP contribution < -0.4 is 16.4 Å². The highest BCUT2D eigenvalue weighted by Gasteiger charge is 2.13. The predicted octanol–water partition coefficient (Wildman–Crippen LogP) is 4.97. The average Bonchev–Trinajstić information content (AvgIpc) is 3.08. The molecule has 1 aromatic heterocycles. The lowest BCUT2D eigenvalue weighted by Gasteiger charge is -2.11. The third-order valence-electron chi connectivity index (χ3n) is 4.26. The zero-order chi connectivity index (χ0) is 19.9. The fraction of sp³-hybridized carbons (Fsp3) is 0.238. The number of aromatic nitrogens is 2. The van der Waals surface area contributed by atoms with E-state index < -0.39 is 0 Å². The van der Waals surface area contributed by atoms with E-state index in [-0.39, 0.29) is 6.03 Å². The molecule has 4 N–H and O–H groups in total. The van der Waals surface area contributed by atoms with Crippen LogP contribution in [0.2, 0.25) is 5.02 Å². The number of nitrogens with zero attached hydrogens (tertiary/aromatic N) is 2. The Morgan fingerprint density at radius 3 is 2.71 bits per heavy atom. The Bertz CT molecular complexity index is 953. The van der Waals surface area contributed by atoms with Crippen LogP contribution in [-0.4, -0.2) is 15.8 Å². The molecule has 146 valence electrons. The molecular formula is C21H24ClN5O. The van der Waals surface area contributed by atoms with Crippen LogP contribution in [0.1, 0.15) is 31.0 Å². The molecule has 3 rings (SSSR count). The van der Waals surface area contributed by atoms with E-state index in [4.69, 9.17) is 17.3 Å². The molecule has 6 nitrogen and oxygen atoms in total. The molecule has 2 aromatic carbocycles. The first kappa shape index (κ1) is 19.9. The van der Waals surface area contributed by atoms with E-state index >= 15 is 0 Å². The highest BCUT2D eigenvalue weighted by molar-refractivity contribution is 6.30. The lowest BCUT2D eigenvalue weighted by Crippen LogP contribution is -2.21. The summed E-state index contributed by atoms with van der Waals surface area (Å²) in [6.07, 6.45) is 2.96. The number of unbranched alkanes of at least 4 members (excludes halogenated alkanes) is 1. The molecule has 0 atom stereocenters. The number of aryl methyl sites for hydroxylation is 1. The molecule has 0 saturated heterocycles. The third-order valence-corrected chi connectivity index (χ3v) is 4.50. The maximum atomic E-state index is 12.5. The molecule has 0 spiro atoms. The van der Waals surface area contributed by atoms with Gasteiger partial charge in [0.2, 0.25) is 0 Å². The largest absolute Gasteiger partial charge is 0.326 e. The highest BCUT2D eigenvalue weighted by Crippen LogP contribution is 2.21. The second kappa shape index (κ2) is 9.39. The van der Waals surface area contributed by atoms with Gasteiger partial charge in [-0.1, -0.05) is 43.1 Å². The minimum atomic E-state index is -0.361. The lowest BCUT2D eigenvalue weighted by molar-refractivity contribution is 0.262. The van der Waals surface area contributed by atoms with E-state index in [0.717, 1.165) is 36.2 Å². The maximum Gasteiger partial charge on any atom is 0.324 e. The van der Waals surface area contributed by atoms with Gasteiger partial charge in [0.05, 0.1) is 11.4 Å². The average molecular weight is 398 g/mol. The van der Waals surface area contributed by atoms with Crippen LogP contribution in [0.4, 0.5) is 16.3 Å². The van der Waals surface area contributed by atoms with Crippen LogP contribution in [0.5, 0.6) is 0 Å². The molecule has 0 aliphatic heterocycles. The van der Waals surface area contributed by atoms with Crippen LogP contribution in [0.25, 0.3) is 5.69 Å². The maximum absolute atomic E-state index is 12.5. The molecule has 0 saturated carbocycles. The minimum absolute atomic E-state index is 0.361. The summed E-state index contributed by atoms with van der Waals surface area (Å²) in [7, 11) is 0. The van der Waals surface area contributed by atoms with E-state index in [2.05, 4.69) is 22.7 Å². The van der Waals surface area contributed by atoms with E-state index in [0.29, 0.717) is 23.1 Å². The van der Waals surface area contributed by atoms with Gasteiger partial charge >= 0.3 is 6.03 Å². The van der Waals surface area contributed by atoms with E-state index in [1.807, 2.05) is 30.3 Å². The molecule has 0 fully saturated rings. The van der Waals surface area contributed by atoms with Gasteiger partial charge in [-0.25, -0.2) is 9.48 Å². The first-order valence-corrected chi connectivity index (χ1v) is 9.68. The molecule has 0 unspecified atom stereocenters.